The minimum Gasteiger partial charge on any atom is -0.496 e. The Morgan fingerprint density at radius 3 is 2.60 bits per heavy atom. The summed E-state index contributed by atoms with van der Waals surface area (Å²) >= 11 is 3.34. The van der Waals surface area contributed by atoms with Crippen molar-refractivity contribution >= 4 is 21.9 Å². The van der Waals surface area contributed by atoms with Crippen molar-refractivity contribution in [1.82, 2.24) is 4.57 Å². The molecule has 1 heterocycles. The number of carbonyl (C=O) groups is 1. The third-order valence-electron chi connectivity index (χ3n) is 2.95. The van der Waals surface area contributed by atoms with Gasteiger partial charge in [0.15, 0.2) is 0 Å². The highest BCUT2D eigenvalue weighted by Crippen LogP contribution is 2.31. The standard InChI is InChI=1S/C14H12BrNO4/c1-16-6-5-9(12(13(16)17)14(18)19)8-3-4-11(20-2)10(15)7-8/h3-7H,1-2H3,(H,18,19). The molecule has 6 heteroatoms. The molecular formula is C14H12BrNO4. The number of carboxylic acid groups (broad SMARTS) is 1. The average Bonchev–Trinajstić information content (AvgIpc) is 2.41. The summed E-state index contributed by atoms with van der Waals surface area (Å²) in [6.07, 6.45) is 1.54. The lowest BCUT2D eigenvalue weighted by atomic mass is 10.0. The fraction of sp³-hybridized carbons (Fsp3) is 0.143. The molecule has 0 saturated carbocycles. The largest absolute Gasteiger partial charge is 0.496 e. The van der Waals surface area contributed by atoms with E-state index in [0.717, 1.165) is 0 Å². The second kappa shape index (κ2) is 5.50. The van der Waals surface area contributed by atoms with Gasteiger partial charge in [-0.2, -0.15) is 0 Å². The lowest BCUT2D eigenvalue weighted by Gasteiger charge is -2.10. The molecule has 1 N–H and O–H groups in total. The number of methoxy groups -OCH3 is 1. The van der Waals surface area contributed by atoms with Crippen LogP contribution in [0.3, 0.4) is 0 Å². The molecule has 20 heavy (non-hydrogen) atoms. The lowest BCUT2D eigenvalue weighted by Crippen LogP contribution is -2.24. The lowest BCUT2D eigenvalue weighted by molar-refractivity contribution is 0.0695. The van der Waals surface area contributed by atoms with Gasteiger partial charge < -0.3 is 14.4 Å². The van der Waals surface area contributed by atoms with Crippen LogP contribution in [-0.4, -0.2) is 22.8 Å². The number of ether oxygens (including phenoxy) is 1. The zero-order chi connectivity index (χ0) is 14.9. The molecule has 104 valence electrons. The van der Waals surface area contributed by atoms with Crippen LogP contribution in [0.1, 0.15) is 10.4 Å². The molecule has 1 aromatic carbocycles. The van der Waals surface area contributed by atoms with E-state index in [1.165, 1.54) is 11.6 Å². The zero-order valence-electron chi connectivity index (χ0n) is 10.9. The third-order valence-corrected chi connectivity index (χ3v) is 3.56. The molecule has 0 radical (unpaired) electrons. The first-order valence-electron chi connectivity index (χ1n) is 5.72. The van der Waals surface area contributed by atoms with Crippen molar-refractivity contribution in [3.8, 4) is 16.9 Å². The number of hydrogen-bond acceptors (Lipinski definition) is 3. The predicted molar refractivity (Wildman–Crippen MR) is 78.3 cm³/mol. The Balaban J connectivity index is 2.70. The summed E-state index contributed by atoms with van der Waals surface area (Å²) in [7, 11) is 3.06. The van der Waals surface area contributed by atoms with E-state index in [-0.39, 0.29) is 5.56 Å². The number of pyridine rings is 1. The second-order valence-corrected chi connectivity index (χ2v) is 5.03. The highest BCUT2D eigenvalue weighted by molar-refractivity contribution is 9.10. The number of rotatable bonds is 3. The number of aromatic nitrogens is 1. The van der Waals surface area contributed by atoms with Crippen LogP contribution < -0.4 is 10.3 Å². The number of aromatic carboxylic acids is 1. The van der Waals surface area contributed by atoms with Gasteiger partial charge in [0.25, 0.3) is 5.56 Å². The molecular weight excluding hydrogens is 326 g/mol. The first kappa shape index (κ1) is 14.3. The summed E-state index contributed by atoms with van der Waals surface area (Å²) < 4.78 is 7.06. The van der Waals surface area contributed by atoms with Crippen LogP contribution in [0.5, 0.6) is 5.75 Å². The number of nitrogens with zero attached hydrogens (tertiary/aromatic N) is 1. The Labute approximate surface area is 123 Å². The van der Waals surface area contributed by atoms with E-state index in [1.807, 2.05) is 0 Å². The maximum Gasteiger partial charge on any atom is 0.341 e. The summed E-state index contributed by atoms with van der Waals surface area (Å²) in [6, 6.07) is 6.76. The van der Waals surface area contributed by atoms with Gasteiger partial charge in [0.1, 0.15) is 11.3 Å². The number of benzene rings is 1. The van der Waals surface area contributed by atoms with Crippen molar-refractivity contribution < 1.29 is 14.6 Å². The smallest absolute Gasteiger partial charge is 0.341 e. The van der Waals surface area contributed by atoms with Crippen LogP contribution in [0.2, 0.25) is 0 Å². The molecule has 0 aliphatic rings. The van der Waals surface area contributed by atoms with Crippen molar-refractivity contribution in [2.45, 2.75) is 0 Å². The van der Waals surface area contributed by atoms with E-state index in [0.29, 0.717) is 21.3 Å². The van der Waals surface area contributed by atoms with Crippen LogP contribution in [0.4, 0.5) is 0 Å². The predicted octanol–water partition coefficient (Wildman–Crippen LogP) is 2.52. The first-order valence-corrected chi connectivity index (χ1v) is 6.52. The Kier molecular flexibility index (Phi) is 3.94. The van der Waals surface area contributed by atoms with Crippen molar-refractivity contribution in [1.29, 1.82) is 0 Å². The van der Waals surface area contributed by atoms with E-state index >= 15 is 0 Å². The van der Waals surface area contributed by atoms with Crippen molar-refractivity contribution in [3.63, 3.8) is 0 Å². The van der Waals surface area contributed by atoms with Crippen LogP contribution in [0, 0.1) is 0 Å². The summed E-state index contributed by atoms with van der Waals surface area (Å²) in [4.78, 5) is 23.3. The average molecular weight is 338 g/mol. The molecule has 0 saturated heterocycles. The van der Waals surface area contributed by atoms with Gasteiger partial charge in [0.05, 0.1) is 11.6 Å². The maximum atomic E-state index is 12.0. The number of halogens is 1. The fourth-order valence-corrected chi connectivity index (χ4v) is 2.45. The number of aryl methyl sites for hydroxylation is 1. The van der Waals surface area contributed by atoms with Crippen molar-refractivity contribution in [2.24, 2.45) is 7.05 Å². The van der Waals surface area contributed by atoms with Crippen LogP contribution in [-0.2, 0) is 7.05 Å². The Bertz CT molecular complexity index is 736. The molecule has 0 amide bonds. The Hall–Kier alpha value is -2.08. The van der Waals surface area contributed by atoms with E-state index in [9.17, 15) is 14.7 Å². The number of hydrogen-bond donors (Lipinski definition) is 1. The van der Waals surface area contributed by atoms with Crippen LogP contribution >= 0.6 is 15.9 Å². The second-order valence-electron chi connectivity index (χ2n) is 4.17. The summed E-state index contributed by atoms with van der Waals surface area (Å²) in [5.74, 6) is -0.609. The van der Waals surface area contributed by atoms with Gasteiger partial charge in [-0.15, -0.1) is 0 Å². The monoisotopic (exact) mass is 337 g/mol. The topological polar surface area (TPSA) is 68.5 Å². The summed E-state index contributed by atoms with van der Waals surface area (Å²) in [5, 5.41) is 9.25. The molecule has 0 atom stereocenters. The van der Waals surface area contributed by atoms with Crippen LogP contribution in [0.15, 0.2) is 39.7 Å². The molecule has 1 aromatic heterocycles. The first-order chi connectivity index (χ1) is 9.45. The number of carboxylic acids is 1. The minimum absolute atomic E-state index is 0.243. The molecule has 5 nitrogen and oxygen atoms in total. The quantitative estimate of drug-likeness (QED) is 0.934. The van der Waals surface area contributed by atoms with E-state index in [4.69, 9.17) is 4.74 Å². The van der Waals surface area contributed by atoms with Gasteiger partial charge in [-0.25, -0.2) is 4.79 Å². The molecule has 0 aliphatic carbocycles. The van der Waals surface area contributed by atoms with E-state index < -0.39 is 11.5 Å². The molecule has 0 aliphatic heterocycles. The van der Waals surface area contributed by atoms with E-state index in [1.54, 1.807) is 37.6 Å². The van der Waals surface area contributed by atoms with Gasteiger partial charge in [-0.05, 0) is 39.7 Å². The molecule has 2 rings (SSSR count). The minimum atomic E-state index is -1.24. The molecule has 0 fully saturated rings. The van der Waals surface area contributed by atoms with Gasteiger partial charge >= 0.3 is 5.97 Å². The third kappa shape index (κ3) is 2.46. The fourth-order valence-electron chi connectivity index (χ4n) is 1.91. The van der Waals surface area contributed by atoms with Gasteiger partial charge in [-0.1, -0.05) is 6.07 Å². The van der Waals surface area contributed by atoms with Crippen LogP contribution in [0.25, 0.3) is 11.1 Å². The van der Waals surface area contributed by atoms with Gasteiger partial charge in [-0.3, -0.25) is 4.79 Å². The Morgan fingerprint density at radius 2 is 2.05 bits per heavy atom. The summed E-state index contributed by atoms with van der Waals surface area (Å²) in [5.41, 5.74) is 0.228. The van der Waals surface area contributed by atoms with Gasteiger partial charge in [0, 0.05) is 18.8 Å². The van der Waals surface area contributed by atoms with Crippen molar-refractivity contribution in [2.75, 3.05) is 7.11 Å². The normalized spacial score (nSPS) is 10.3. The van der Waals surface area contributed by atoms with E-state index in [2.05, 4.69) is 15.9 Å². The maximum absolute atomic E-state index is 12.0. The highest BCUT2D eigenvalue weighted by Gasteiger charge is 2.18. The SMILES string of the molecule is COc1ccc(-c2ccn(C)c(=O)c2C(=O)O)cc1Br. The van der Waals surface area contributed by atoms with Gasteiger partial charge in [0.2, 0.25) is 0 Å². The Morgan fingerprint density at radius 1 is 1.35 bits per heavy atom. The van der Waals surface area contributed by atoms with Crippen molar-refractivity contribution in [3.05, 3.63) is 50.9 Å². The highest BCUT2D eigenvalue weighted by atomic mass is 79.9. The molecule has 2 aromatic rings. The molecule has 0 bridgehead atoms. The molecule has 0 unspecified atom stereocenters. The summed E-state index contributed by atoms with van der Waals surface area (Å²) in [6.45, 7) is 0. The molecule has 0 spiro atoms. The zero-order valence-corrected chi connectivity index (χ0v) is 12.5.